The molecule has 1 heterocycles. The summed E-state index contributed by atoms with van der Waals surface area (Å²) in [6.45, 7) is 2.18. The number of nitrogens with one attached hydrogen (secondary N) is 1. The number of likely N-dealkylation sites (N-methyl/N-ethyl adjacent to an activating group) is 1. The van der Waals surface area contributed by atoms with Crippen molar-refractivity contribution in [3.05, 3.63) is 59.7 Å². The fourth-order valence-electron chi connectivity index (χ4n) is 2.93. The van der Waals surface area contributed by atoms with E-state index < -0.39 is 11.7 Å². The summed E-state index contributed by atoms with van der Waals surface area (Å²) in [5, 5.41) is 2.59. The van der Waals surface area contributed by atoms with Crippen LogP contribution in [0.25, 0.3) is 0 Å². The molecule has 3 rings (SSSR count). The molecule has 2 amide bonds. The molecule has 124 valence electrons. The standard InChI is InChI=1S/C18H16F2N2O2/c1-2-22(13-6-3-11(19)4-7-13)18(24)15-10-17(23)21-16-9-12(20)5-8-14(15)16/h3-9,15H,2,10H2,1H3,(H,21,23). The van der Waals surface area contributed by atoms with Crippen LogP contribution in [0.4, 0.5) is 20.2 Å². The van der Waals surface area contributed by atoms with E-state index in [2.05, 4.69) is 5.32 Å². The van der Waals surface area contributed by atoms with Gasteiger partial charge in [-0.15, -0.1) is 0 Å². The number of fused-ring (bicyclic) bond motifs is 1. The number of nitrogens with zero attached hydrogens (tertiary/aromatic N) is 1. The van der Waals surface area contributed by atoms with Crippen LogP contribution in [0.2, 0.25) is 0 Å². The van der Waals surface area contributed by atoms with Gasteiger partial charge in [0.1, 0.15) is 11.6 Å². The Labute approximate surface area is 138 Å². The van der Waals surface area contributed by atoms with E-state index in [-0.39, 0.29) is 24.1 Å². The van der Waals surface area contributed by atoms with Crippen molar-refractivity contribution in [1.29, 1.82) is 0 Å². The van der Waals surface area contributed by atoms with Gasteiger partial charge in [0.05, 0.1) is 5.92 Å². The van der Waals surface area contributed by atoms with Gasteiger partial charge in [0.15, 0.2) is 0 Å². The molecule has 6 heteroatoms. The molecule has 0 radical (unpaired) electrons. The van der Waals surface area contributed by atoms with Crippen molar-refractivity contribution < 1.29 is 18.4 Å². The van der Waals surface area contributed by atoms with Crippen molar-refractivity contribution in [3.63, 3.8) is 0 Å². The highest BCUT2D eigenvalue weighted by Crippen LogP contribution is 2.35. The van der Waals surface area contributed by atoms with E-state index in [4.69, 9.17) is 0 Å². The minimum atomic E-state index is -0.695. The largest absolute Gasteiger partial charge is 0.326 e. The van der Waals surface area contributed by atoms with Crippen LogP contribution in [0.3, 0.4) is 0 Å². The maximum atomic E-state index is 13.4. The first kappa shape index (κ1) is 16.1. The van der Waals surface area contributed by atoms with Crippen LogP contribution in [-0.2, 0) is 9.59 Å². The molecule has 0 spiro atoms. The van der Waals surface area contributed by atoms with Crippen molar-refractivity contribution in [2.24, 2.45) is 0 Å². The number of hydrogen-bond donors (Lipinski definition) is 1. The van der Waals surface area contributed by atoms with Gasteiger partial charge in [-0.05, 0) is 48.9 Å². The molecule has 1 aliphatic rings. The molecule has 2 aromatic carbocycles. The van der Waals surface area contributed by atoms with Gasteiger partial charge in [-0.3, -0.25) is 9.59 Å². The predicted molar refractivity (Wildman–Crippen MR) is 86.8 cm³/mol. The minimum absolute atomic E-state index is 0.00480. The molecule has 0 aromatic heterocycles. The molecular weight excluding hydrogens is 314 g/mol. The van der Waals surface area contributed by atoms with E-state index in [1.807, 2.05) is 0 Å². The quantitative estimate of drug-likeness (QED) is 0.937. The summed E-state index contributed by atoms with van der Waals surface area (Å²) in [5.74, 6) is -2.17. The van der Waals surface area contributed by atoms with Gasteiger partial charge in [0, 0.05) is 24.3 Å². The Hall–Kier alpha value is -2.76. The van der Waals surface area contributed by atoms with Gasteiger partial charge in [0.2, 0.25) is 11.8 Å². The fraction of sp³-hybridized carbons (Fsp3) is 0.222. The van der Waals surface area contributed by atoms with E-state index in [0.29, 0.717) is 23.5 Å². The molecule has 0 bridgehead atoms. The van der Waals surface area contributed by atoms with Gasteiger partial charge < -0.3 is 10.2 Å². The third-order valence-electron chi connectivity index (χ3n) is 4.07. The summed E-state index contributed by atoms with van der Waals surface area (Å²) < 4.78 is 26.5. The molecule has 24 heavy (non-hydrogen) atoms. The molecule has 0 saturated heterocycles. The van der Waals surface area contributed by atoms with Gasteiger partial charge in [-0.25, -0.2) is 8.78 Å². The zero-order chi connectivity index (χ0) is 17.3. The predicted octanol–water partition coefficient (Wildman–Crippen LogP) is 3.44. The molecule has 0 fully saturated rings. The monoisotopic (exact) mass is 330 g/mol. The van der Waals surface area contributed by atoms with Crippen molar-refractivity contribution >= 4 is 23.2 Å². The normalized spacial score (nSPS) is 16.3. The summed E-state index contributed by atoms with van der Waals surface area (Å²) >= 11 is 0. The Kier molecular flexibility index (Phi) is 4.29. The number of halogens is 2. The second kappa shape index (κ2) is 6.39. The first-order valence-electron chi connectivity index (χ1n) is 7.66. The summed E-state index contributed by atoms with van der Waals surface area (Å²) in [7, 11) is 0. The number of carbonyl (C=O) groups excluding carboxylic acids is 2. The van der Waals surface area contributed by atoms with Crippen LogP contribution >= 0.6 is 0 Å². The third kappa shape index (κ3) is 2.99. The molecular formula is C18H16F2N2O2. The van der Waals surface area contributed by atoms with Crippen LogP contribution in [0, 0.1) is 11.6 Å². The van der Waals surface area contributed by atoms with Crippen LogP contribution in [0.5, 0.6) is 0 Å². The van der Waals surface area contributed by atoms with Crippen molar-refractivity contribution in [1.82, 2.24) is 0 Å². The lowest BCUT2D eigenvalue weighted by Gasteiger charge is -2.30. The zero-order valence-electron chi connectivity index (χ0n) is 13.1. The highest BCUT2D eigenvalue weighted by Gasteiger charge is 2.33. The maximum absolute atomic E-state index is 13.4. The maximum Gasteiger partial charge on any atom is 0.235 e. The lowest BCUT2D eigenvalue weighted by molar-refractivity contribution is -0.124. The Bertz CT molecular complexity index is 790. The molecule has 2 aromatic rings. The van der Waals surface area contributed by atoms with Gasteiger partial charge >= 0.3 is 0 Å². The average Bonchev–Trinajstić information content (AvgIpc) is 2.56. The molecule has 1 aliphatic heterocycles. The van der Waals surface area contributed by atoms with E-state index >= 15 is 0 Å². The van der Waals surface area contributed by atoms with Crippen LogP contribution in [-0.4, -0.2) is 18.4 Å². The zero-order valence-corrected chi connectivity index (χ0v) is 13.1. The van der Waals surface area contributed by atoms with Gasteiger partial charge in [-0.2, -0.15) is 0 Å². The smallest absolute Gasteiger partial charge is 0.235 e. The third-order valence-corrected chi connectivity index (χ3v) is 4.07. The Morgan fingerprint density at radius 3 is 2.50 bits per heavy atom. The lowest BCUT2D eigenvalue weighted by atomic mass is 9.89. The lowest BCUT2D eigenvalue weighted by Crippen LogP contribution is -2.38. The summed E-state index contributed by atoms with van der Waals surface area (Å²) in [5.41, 5.74) is 1.46. The molecule has 0 saturated carbocycles. The molecule has 1 N–H and O–H groups in total. The average molecular weight is 330 g/mol. The van der Waals surface area contributed by atoms with Crippen molar-refractivity contribution in [3.8, 4) is 0 Å². The topological polar surface area (TPSA) is 49.4 Å². The van der Waals surface area contributed by atoms with Gasteiger partial charge in [-0.1, -0.05) is 6.07 Å². The number of rotatable bonds is 3. The Morgan fingerprint density at radius 2 is 1.83 bits per heavy atom. The Morgan fingerprint density at radius 1 is 1.17 bits per heavy atom. The summed E-state index contributed by atoms with van der Waals surface area (Å²) in [4.78, 5) is 26.4. The SMILES string of the molecule is CCN(C(=O)C1CC(=O)Nc2cc(F)ccc21)c1ccc(F)cc1. The van der Waals surface area contributed by atoms with E-state index in [1.165, 1.54) is 47.4 Å². The minimum Gasteiger partial charge on any atom is -0.326 e. The summed E-state index contributed by atoms with van der Waals surface area (Å²) in [6, 6.07) is 9.59. The molecule has 1 atom stereocenters. The van der Waals surface area contributed by atoms with E-state index in [0.717, 1.165) is 0 Å². The highest BCUT2D eigenvalue weighted by atomic mass is 19.1. The van der Waals surface area contributed by atoms with E-state index in [1.54, 1.807) is 6.92 Å². The number of amides is 2. The van der Waals surface area contributed by atoms with Crippen molar-refractivity contribution in [2.75, 3.05) is 16.8 Å². The van der Waals surface area contributed by atoms with Crippen LogP contribution in [0.15, 0.2) is 42.5 Å². The molecule has 4 nitrogen and oxygen atoms in total. The van der Waals surface area contributed by atoms with Gasteiger partial charge in [0.25, 0.3) is 0 Å². The molecule has 0 aliphatic carbocycles. The fourth-order valence-corrected chi connectivity index (χ4v) is 2.93. The second-order valence-electron chi connectivity index (χ2n) is 5.60. The number of anilines is 2. The first-order valence-corrected chi connectivity index (χ1v) is 7.66. The van der Waals surface area contributed by atoms with Crippen molar-refractivity contribution in [2.45, 2.75) is 19.3 Å². The number of carbonyl (C=O) groups is 2. The second-order valence-corrected chi connectivity index (χ2v) is 5.60. The summed E-state index contributed by atoms with van der Waals surface area (Å²) in [6.07, 6.45) is -0.00480. The number of hydrogen-bond acceptors (Lipinski definition) is 2. The van der Waals surface area contributed by atoms with Crippen LogP contribution in [0.1, 0.15) is 24.8 Å². The first-order chi connectivity index (χ1) is 11.5. The van der Waals surface area contributed by atoms with E-state index in [9.17, 15) is 18.4 Å². The Balaban J connectivity index is 1.96. The highest BCUT2D eigenvalue weighted by molar-refractivity contribution is 6.06. The number of benzene rings is 2. The molecule has 1 unspecified atom stereocenters. The van der Waals surface area contributed by atoms with Crippen LogP contribution < -0.4 is 10.2 Å².